The second-order valence-corrected chi connectivity index (χ2v) is 10.9. The fraction of sp³-hybridized carbons (Fsp3) is 0.650. The number of hydrogen-bond acceptors (Lipinski definition) is 4. The zero-order chi connectivity index (χ0) is 21.9. The van der Waals surface area contributed by atoms with Gasteiger partial charge in [0.05, 0.1) is 22.3 Å². The van der Waals surface area contributed by atoms with Gasteiger partial charge in [0, 0.05) is 5.54 Å². The standard InChI is InChI=1S/C20H29F3N2O3S/c1-19(2,3)25-18(26)13-24-12-14-7-9-16(10-8-14)29(27,28)17-6-4-5-15(11-17)20(21,22)23/h4-6,11,14,16,24H,7-10,12-13H2,1-3H3,(H,25,26)/t14-,16+. The van der Waals surface area contributed by atoms with E-state index < -0.39 is 26.8 Å². The van der Waals surface area contributed by atoms with Crippen LogP contribution in [0.15, 0.2) is 29.2 Å². The number of carbonyl (C=O) groups excluding carboxylic acids is 1. The predicted molar refractivity (Wildman–Crippen MR) is 105 cm³/mol. The molecule has 5 nitrogen and oxygen atoms in total. The van der Waals surface area contributed by atoms with Crippen molar-refractivity contribution >= 4 is 15.7 Å². The van der Waals surface area contributed by atoms with Crippen LogP contribution < -0.4 is 10.6 Å². The van der Waals surface area contributed by atoms with Gasteiger partial charge in [0.25, 0.3) is 0 Å². The van der Waals surface area contributed by atoms with E-state index in [0.717, 1.165) is 18.2 Å². The van der Waals surface area contributed by atoms with Crippen LogP contribution in [-0.2, 0) is 20.8 Å². The lowest BCUT2D eigenvalue weighted by atomic mass is 9.89. The predicted octanol–water partition coefficient (Wildman–Crippen LogP) is 3.54. The average molecular weight is 435 g/mol. The first-order chi connectivity index (χ1) is 13.3. The molecule has 1 aliphatic rings. The summed E-state index contributed by atoms with van der Waals surface area (Å²) in [5.74, 6) is 0.142. The SMILES string of the molecule is CC(C)(C)NC(=O)CNC[C@H]1CC[C@@H](S(=O)(=O)c2cccc(C(F)(F)F)c2)CC1. The first-order valence-electron chi connectivity index (χ1n) is 9.72. The van der Waals surface area contributed by atoms with Gasteiger partial charge in [0.2, 0.25) is 5.91 Å². The van der Waals surface area contributed by atoms with Crippen molar-refractivity contribution in [2.45, 2.75) is 68.3 Å². The number of sulfone groups is 1. The Kier molecular flexibility index (Phi) is 7.37. The zero-order valence-corrected chi connectivity index (χ0v) is 17.8. The molecule has 0 radical (unpaired) electrons. The molecule has 2 N–H and O–H groups in total. The Bertz CT molecular complexity index is 809. The van der Waals surface area contributed by atoms with Crippen LogP contribution >= 0.6 is 0 Å². The molecule has 1 amide bonds. The molecule has 1 fully saturated rings. The molecule has 1 aliphatic carbocycles. The van der Waals surface area contributed by atoms with Gasteiger partial charge in [0.1, 0.15) is 0 Å². The van der Waals surface area contributed by atoms with Crippen LogP contribution in [0.25, 0.3) is 0 Å². The molecule has 1 aromatic rings. The van der Waals surface area contributed by atoms with Crippen LogP contribution in [0.5, 0.6) is 0 Å². The minimum Gasteiger partial charge on any atom is -0.350 e. The quantitative estimate of drug-likeness (QED) is 0.718. The summed E-state index contributed by atoms with van der Waals surface area (Å²) in [4.78, 5) is 11.5. The first-order valence-corrected chi connectivity index (χ1v) is 11.3. The number of amides is 1. The fourth-order valence-corrected chi connectivity index (χ4v) is 5.38. The molecule has 0 spiro atoms. The third kappa shape index (κ3) is 6.99. The first kappa shape index (κ1) is 23.7. The molecular weight excluding hydrogens is 405 g/mol. The van der Waals surface area contributed by atoms with Crippen molar-refractivity contribution in [1.29, 1.82) is 0 Å². The number of nitrogens with one attached hydrogen (secondary N) is 2. The lowest BCUT2D eigenvalue weighted by Gasteiger charge is -2.29. The van der Waals surface area contributed by atoms with Gasteiger partial charge in [-0.15, -0.1) is 0 Å². The van der Waals surface area contributed by atoms with E-state index in [2.05, 4.69) is 10.6 Å². The molecule has 0 aliphatic heterocycles. The van der Waals surface area contributed by atoms with Gasteiger partial charge in [-0.3, -0.25) is 4.79 Å². The van der Waals surface area contributed by atoms with E-state index in [0.29, 0.717) is 32.2 Å². The number of benzene rings is 1. The summed E-state index contributed by atoms with van der Waals surface area (Å²) in [6, 6.07) is 3.95. The normalized spacial score (nSPS) is 21.0. The summed E-state index contributed by atoms with van der Waals surface area (Å²) >= 11 is 0. The van der Waals surface area contributed by atoms with Crippen LogP contribution in [0, 0.1) is 5.92 Å². The highest BCUT2D eigenvalue weighted by molar-refractivity contribution is 7.92. The van der Waals surface area contributed by atoms with E-state index in [1.165, 1.54) is 6.07 Å². The molecule has 164 valence electrons. The molecule has 0 atom stereocenters. The minimum atomic E-state index is -4.58. The van der Waals surface area contributed by atoms with Crippen LogP contribution in [0.3, 0.4) is 0 Å². The monoisotopic (exact) mass is 434 g/mol. The molecule has 2 rings (SSSR count). The molecule has 1 saturated carbocycles. The van der Waals surface area contributed by atoms with E-state index >= 15 is 0 Å². The Morgan fingerprint density at radius 2 is 1.72 bits per heavy atom. The van der Waals surface area contributed by atoms with E-state index in [4.69, 9.17) is 0 Å². The summed E-state index contributed by atoms with van der Waals surface area (Å²) in [7, 11) is -3.81. The number of alkyl halides is 3. The summed E-state index contributed by atoms with van der Waals surface area (Å²) < 4.78 is 64.2. The summed E-state index contributed by atoms with van der Waals surface area (Å²) in [5, 5.41) is 5.28. The molecule has 0 heterocycles. The molecular formula is C20H29F3N2O3S. The van der Waals surface area contributed by atoms with Crippen molar-refractivity contribution in [3.63, 3.8) is 0 Å². The molecule has 0 saturated heterocycles. The Morgan fingerprint density at radius 3 is 2.28 bits per heavy atom. The van der Waals surface area contributed by atoms with E-state index in [-0.39, 0.29) is 28.8 Å². The number of rotatable bonds is 6. The van der Waals surface area contributed by atoms with Crippen molar-refractivity contribution in [2.24, 2.45) is 5.92 Å². The zero-order valence-electron chi connectivity index (χ0n) is 17.0. The highest BCUT2D eigenvalue weighted by Gasteiger charge is 2.35. The van der Waals surface area contributed by atoms with E-state index in [1.54, 1.807) is 0 Å². The Labute approximate surface area is 170 Å². The topological polar surface area (TPSA) is 75.3 Å². The molecule has 1 aromatic carbocycles. The van der Waals surface area contributed by atoms with Crippen LogP contribution in [0.4, 0.5) is 13.2 Å². The number of hydrogen-bond donors (Lipinski definition) is 2. The highest BCUT2D eigenvalue weighted by Crippen LogP contribution is 2.34. The summed E-state index contributed by atoms with van der Waals surface area (Å²) in [5.41, 5.74) is -1.25. The summed E-state index contributed by atoms with van der Waals surface area (Å²) in [6.45, 7) is 6.50. The van der Waals surface area contributed by atoms with Crippen LogP contribution in [0.2, 0.25) is 0 Å². The van der Waals surface area contributed by atoms with Gasteiger partial charge in [-0.2, -0.15) is 13.2 Å². The Balaban J connectivity index is 1.88. The number of halogens is 3. The smallest absolute Gasteiger partial charge is 0.350 e. The van der Waals surface area contributed by atoms with Gasteiger partial charge >= 0.3 is 6.18 Å². The number of carbonyl (C=O) groups is 1. The van der Waals surface area contributed by atoms with Gasteiger partial charge in [-0.1, -0.05) is 6.07 Å². The molecule has 9 heteroatoms. The second kappa shape index (κ2) is 9.04. The average Bonchev–Trinajstić information content (AvgIpc) is 2.60. The molecule has 0 unspecified atom stereocenters. The highest BCUT2D eigenvalue weighted by atomic mass is 32.2. The van der Waals surface area contributed by atoms with E-state index in [1.807, 2.05) is 20.8 Å². The van der Waals surface area contributed by atoms with Crippen molar-refractivity contribution in [3.05, 3.63) is 29.8 Å². The second-order valence-electron chi connectivity index (χ2n) is 8.64. The summed E-state index contributed by atoms with van der Waals surface area (Å²) in [6.07, 6.45) is -2.47. The van der Waals surface area contributed by atoms with Crippen LogP contribution in [0.1, 0.15) is 52.0 Å². The lowest BCUT2D eigenvalue weighted by molar-refractivity contribution is -0.137. The van der Waals surface area contributed by atoms with Crippen LogP contribution in [-0.4, -0.2) is 38.2 Å². The largest absolute Gasteiger partial charge is 0.416 e. The van der Waals surface area contributed by atoms with Gasteiger partial charge < -0.3 is 10.6 Å². The van der Waals surface area contributed by atoms with Gasteiger partial charge in [-0.25, -0.2) is 8.42 Å². The van der Waals surface area contributed by atoms with Crippen molar-refractivity contribution in [1.82, 2.24) is 10.6 Å². The molecule has 0 aromatic heterocycles. The van der Waals surface area contributed by atoms with E-state index in [9.17, 15) is 26.4 Å². The van der Waals surface area contributed by atoms with Crippen molar-refractivity contribution in [3.8, 4) is 0 Å². The maximum absolute atomic E-state index is 12.9. The molecule has 29 heavy (non-hydrogen) atoms. The molecule has 0 bridgehead atoms. The third-order valence-corrected chi connectivity index (χ3v) is 7.22. The maximum Gasteiger partial charge on any atom is 0.416 e. The lowest BCUT2D eigenvalue weighted by Crippen LogP contribution is -2.45. The van der Waals surface area contributed by atoms with Crippen molar-refractivity contribution < 1.29 is 26.4 Å². The Hall–Kier alpha value is -1.61. The van der Waals surface area contributed by atoms with Gasteiger partial charge in [0.15, 0.2) is 9.84 Å². The minimum absolute atomic E-state index is 0.0988. The maximum atomic E-state index is 12.9. The Morgan fingerprint density at radius 1 is 1.10 bits per heavy atom. The van der Waals surface area contributed by atoms with Crippen molar-refractivity contribution in [2.75, 3.05) is 13.1 Å². The fourth-order valence-electron chi connectivity index (χ4n) is 3.54. The third-order valence-electron chi connectivity index (χ3n) is 4.96. The van der Waals surface area contributed by atoms with Gasteiger partial charge in [-0.05, 0) is 77.1 Å².